The first-order valence-electron chi connectivity index (χ1n) is 10.5. The van der Waals surface area contributed by atoms with E-state index in [-0.39, 0.29) is 13.1 Å². The van der Waals surface area contributed by atoms with Crippen molar-refractivity contribution in [3.63, 3.8) is 0 Å². The van der Waals surface area contributed by atoms with Gasteiger partial charge in [0.05, 0.1) is 23.1 Å². The third-order valence-corrected chi connectivity index (χ3v) is 7.45. The van der Waals surface area contributed by atoms with Crippen LogP contribution in [0.25, 0.3) is 11.3 Å². The van der Waals surface area contributed by atoms with Gasteiger partial charge in [0, 0.05) is 36.8 Å². The molecule has 0 aliphatic heterocycles. The number of carbonyl (C=O) groups is 1. The number of aromatic nitrogens is 1. The number of nitrogens with one attached hydrogen (secondary N) is 1. The van der Waals surface area contributed by atoms with E-state index in [2.05, 4.69) is 10.5 Å². The number of aryl methyl sites for hydroxylation is 1. The molecule has 0 radical (unpaired) electrons. The van der Waals surface area contributed by atoms with Crippen LogP contribution in [0.15, 0.2) is 59.1 Å². The highest BCUT2D eigenvalue weighted by Gasteiger charge is 2.25. The third kappa shape index (κ3) is 5.72. The molecule has 0 bridgehead atoms. The van der Waals surface area contributed by atoms with Gasteiger partial charge in [0.1, 0.15) is 11.4 Å². The fourth-order valence-corrected chi connectivity index (χ4v) is 5.16. The first-order chi connectivity index (χ1) is 17.2. The molecule has 4 aromatic rings. The van der Waals surface area contributed by atoms with Gasteiger partial charge in [-0.05, 0) is 43.3 Å². The lowest BCUT2D eigenvalue weighted by Gasteiger charge is -2.25. The van der Waals surface area contributed by atoms with Crippen molar-refractivity contribution in [2.24, 2.45) is 0 Å². The number of anilines is 1. The van der Waals surface area contributed by atoms with E-state index in [1.54, 1.807) is 61.5 Å². The number of halogens is 6. The van der Waals surface area contributed by atoms with Gasteiger partial charge in [-0.15, -0.1) is 0 Å². The highest BCUT2D eigenvalue weighted by Crippen LogP contribution is 2.39. The smallest absolute Gasteiger partial charge is 0.322 e. The zero-order valence-electron chi connectivity index (χ0n) is 18.6. The Kier molecular flexibility index (Phi) is 8.61. The first kappa shape index (κ1) is 26.9. The summed E-state index contributed by atoms with van der Waals surface area (Å²) in [7, 11) is 0. The monoisotopic (exact) mass is 601 g/mol. The maximum Gasteiger partial charge on any atom is 0.322 e. The van der Waals surface area contributed by atoms with Crippen molar-refractivity contribution in [2.75, 3.05) is 5.32 Å². The summed E-state index contributed by atoms with van der Waals surface area (Å²) in [5.41, 5.74) is 2.17. The molecule has 3 aromatic carbocycles. The lowest BCUT2D eigenvalue weighted by molar-refractivity contribution is 0.206. The van der Waals surface area contributed by atoms with Gasteiger partial charge in [-0.25, -0.2) is 4.79 Å². The number of hydrogen-bond donors (Lipinski definition) is 1. The van der Waals surface area contributed by atoms with Crippen LogP contribution in [0, 0.1) is 6.92 Å². The van der Waals surface area contributed by atoms with Gasteiger partial charge in [-0.3, -0.25) is 0 Å². The molecule has 0 atom stereocenters. The van der Waals surface area contributed by atoms with Crippen molar-refractivity contribution in [2.45, 2.75) is 20.0 Å². The van der Waals surface area contributed by atoms with Gasteiger partial charge in [0.2, 0.25) is 0 Å². The van der Waals surface area contributed by atoms with Crippen molar-refractivity contribution in [3.05, 3.63) is 102 Å². The number of urea groups is 1. The predicted molar refractivity (Wildman–Crippen MR) is 148 cm³/mol. The van der Waals surface area contributed by atoms with Crippen molar-refractivity contribution in [1.29, 1.82) is 0 Å². The maximum atomic E-state index is 13.7. The van der Waals surface area contributed by atoms with Crippen LogP contribution in [0.4, 0.5) is 10.5 Å². The maximum absolute atomic E-state index is 13.7. The average Bonchev–Trinajstić information content (AvgIpc) is 3.17. The molecule has 1 aromatic heterocycles. The molecular weight excluding hydrogens is 587 g/mol. The standard InChI is InChI=1S/C25H17Cl6N3O2/c1-13-23(24(33-36-13)22-20(30)9-4-10-21(22)31)32-25(35)34(11-14-16(26)5-2-6-17(14)27)12-15-18(28)7-3-8-19(15)29/h2-10H,11-12H2,1H3,(H,32,35). The van der Waals surface area contributed by atoms with E-state index in [1.807, 2.05) is 0 Å². The molecule has 1 N–H and O–H groups in total. The van der Waals surface area contributed by atoms with E-state index in [0.717, 1.165) is 0 Å². The van der Waals surface area contributed by atoms with E-state index >= 15 is 0 Å². The third-order valence-electron chi connectivity index (χ3n) is 5.40. The molecule has 0 saturated carbocycles. The van der Waals surface area contributed by atoms with Crippen molar-refractivity contribution < 1.29 is 9.32 Å². The fourth-order valence-electron chi connectivity index (χ4n) is 3.55. The van der Waals surface area contributed by atoms with Crippen molar-refractivity contribution in [1.82, 2.24) is 10.1 Å². The molecule has 0 aliphatic rings. The highest BCUT2D eigenvalue weighted by molar-refractivity contribution is 6.39. The topological polar surface area (TPSA) is 58.4 Å². The molecule has 36 heavy (non-hydrogen) atoms. The van der Waals surface area contributed by atoms with Crippen LogP contribution >= 0.6 is 69.6 Å². The second-order valence-electron chi connectivity index (χ2n) is 7.75. The van der Waals surface area contributed by atoms with Crippen LogP contribution in [0.5, 0.6) is 0 Å². The largest absolute Gasteiger partial charge is 0.359 e. The van der Waals surface area contributed by atoms with E-state index in [1.165, 1.54) is 4.90 Å². The number of hydrogen-bond acceptors (Lipinski definition) is 3. The summed E-state index contributed by atoms with van der Waals surface area (Å²) in [4.78, 5) is 15.2. The van der Waals surface area contributed by atoms with E-state index in [9.17, 15) is 4.79 Å². The molecule has 1 heterocycles. The average molecular weight is 604 g/mol. The second-order valence-corrected chi connectivity index (χ2v) is 10.2. The van der Waals surface area contributed by atoms with Crippen LogP contribution in [-0.2, 0) is 13.1 Å². The number of amides is 2. The SMILES string of the molecule is Cc1onc(-c2c(Cl)cccc2Cl)c1NC(=O)N(Cc1c(Cl)cccc1Cl)Cc1c(Cl)cccc1Cl. The zero-order valence-corrected chi connectivity index (χ0v) is 23.1. The summed E-state index contributed by atoms with van der Waals surface area (Å²) in [6, 6.07) is 14.8. The summed E-state index contributed by atoms with van der Waals surface area (Å²) >= 11 is 38.4. The second kappa shape index (κ2) is 11.5. The van der Waals surface area contributed by atoms with Crippen LogP contribution in [0.3, 0.4) is 0 Å². The van der Waals surface area contributed by atoms with E-state index < -0.39 is 6.03 Å². The van der Waals surface area contributed by atoms with Gasteiger partial charge in [-0.1, -0.05) is 93.0 Å². The molecule has 4 rings (SSSR count). The molecule has 2 amide bonds. The van der Waals surface area contributed by atoms with Gasteiger partial charge < -0.3 is 14.7 Å². The van der Waals surface area contributed by atoms with Gasteiger partial charge in [-0.2, -0.15) is 0 Å². The molecule has 0 spiro atoms. The number of carbonyl (C=O) groups excluding carboxylic acids is 1. The minimum Gasteiger partial charge on any atom is -0.359 e. The van der Waals surface area contributed by atoms with Crippen molar-refractivity contribution >= 4 is 81.3 Å². The lowest BCUT2D eigenvalue weighted by Crippen LogP contribution is -2.34. The number of nitrogens with zero attached hydrogens (tertiary/aromatic N) is 2. The van der Waals surface area contributed by atoms with E-state index in [4.69, 9.17) is 74.1 Å². The summed E-state index contributed by atoms with van der Waals surface area (Å²) in [5.74, 6) is 0.362. The summed E-state index contributed by atoms with van der Waals surface area (Å²) < 4.78 is 5.37. The number of rotatable bonds is 6. The molecule has 5 nitrogen and oxygen atoms in total. The normalized spacial score (nSPS) is 11.0. The zero-order chi connectivity index (χ0) is 26.0. The van der Waals surface area contributed by atoms with Crippen molar-refractivity contribution in [3.8, 4) is 11.3 Å². The Morgan fingerprint density at radius 1 is 0.778 bits per heavy atom. The summed E-state index contributed by atoms with van der Waals surface area (Å²) in [6.45, 7) is 1.80. The van der Waals surface area contributed by atoms with Crippen LogP contribution in [0.1, 0.15) is 16.9 Å². The minimum absolute atomic E-state index is 0.0679. The minimum atomic E-state index is -0.502. The van der Waals surface area contributed by atoms with Gasteiger partial charge in [0.15, 0.2) is 5.76 Å². The first-order valence-corrected chi connectivity index (χ1v) is 12.8. The Morgan fingerprint density at radius 3 is 1.64 bits per heavy atom. The summed E-state index contributed by atoms with van der Waals surface area (Å²) in [5, 5.41) is 9.31. The molecule has 0 saturated heterocycles. The predicted octanol–water partition coefficient (Wildman–Crippen LogP) is 9.80. The summed E-state index contributed by atoms with van der Waals surface area (Å²) in [6.07, 6.45) is 0. The van der Waals surface area contributed by atoms with Crippen LogP contribution < -0.4 is 5.32 Å². The lowest BCUT2D eigenvalue weighted by atomic mass is 10.1. The quantitative estimate of drug-likeness (QED) is 0.239. The molecule has 0 fully saturated rings. The Bertz CT molecular complexity index is 1330. The molecule has 0 unspecified atom stereocenters. The molecule has 186 valence electrons. The Labute approximate surface area is 237 Å². The molecular formula is C25H17Cl6N3O2. The van der Waals surface area contributed by atoms with Gasteiger partial charge >= 0.3 is 6.03 Å². The van der Waals surface area contributed by atoms with E-state index in [0.29, 0.717) is 64.0 Å². The van der Waals surface area contributed by atoms with Gasteiger partial charge in [0.25, 0.3) is 0 Å². The van der Waals surface area contributed by atoms with Crippen LogP contribution in [-0.4, -0.2) is 16.1 Å². The fraction of sp³-hybridized carbons (Fsp3) is 0.120. The molecule has 0 aliphatic carbocycles. The number of benzene rings is 3. The molecule has 11 heteroatoms. The Balaban J connectivity index is 1.73. The van der Waals surface area contributed by atoms with Crippen LogP contribution in [0.2, 0.25) is 30.1 Å². The highest BCUT2D eigenvalue weighted by atomic mass is 35.5. The Morgan fingerprint density at radius 2 is 1.19 bits per heavy atom. The Hall–Kier alpha value is -2.12.